The second-order valence-electron chi connectivity index (χ2n) is 10.3. The smallest absolute Gasteiger partial charge is 0.414 e. The summed E-state index contributed by atoms with van der Waals surface area (Å²) in [6.45, 7) is 14.3. The highest BCUT2D eigenvalue weighted by atomic mass is 32.1. The summed E-state index contributed by atoms with van der Waals surface area (Å²) in [5, 5.41) is 15.5. The van der Waals surface area contributed by atoms with Crippen molar-refractivity contribution in [3.05, 3.63) is 54.1 Å². The number of benzene rings is 2. The zero-order chi connectivity index (χ0) is 29.9. The van der Waals surface area contributed by atoms with E-state index in [9.17, 15) is 4.79 Å². The topological polar surface area (TPSA) is 124 Å². The van der Waals surface area contributed by atoms with Gasteiger partial charge < -0.3 is 24.7 Å². The van der Waals surface area contributed by atoms with Gasteiger partial charge in [0.15, 0.2) is 0 Å². The highest BCUT2D eigenvalue weighted by Gasteiger charge is 2.25. The molecule has 222 valence electrons. The number of carboxylic acid groups (broad SMARTS) is 2. The molecule has 1 aromatic heterocycles. The standard InChI is InChI=1S/C28H38N4O2S.C2H2O4/c1-5-27(33)32(24-11-12-25-26(19-24)35-28(29-25)34-21(2)3)22(4)20-31-17-15-30(16-18-31)14-13-23-9-7-6-8-10-23;3-1(4)2(5)6/h6-12,19,21-22H,5,13-18,20H2,1-4H3;(H,3,4)(H,5,6). The zero-order valence-corrected chi connectivity index (χ0v) is 25.0. The molecule has 1 aliphatic heterocycles. The number of hydrogen-bond acceptors (Lipinski definition) is 8. The van der Waals surface area contributed by atoms with Gasteiger partial charge in [0.05, 0.1) is 16.3 Å². The molecule has 1 amide bonds. The third-order valence-electron chi connectivity index (χ3n) is 6.71. The Bertz CT molecular complexity index is 1280. The minimum absolute atomic E-state index is 0.0898. The number of anilines is 1. The van der Waals surface area contributed by atoms with Crippen LogP contribution in [0.4, 0.5) is 5.69 Å². The molecule has 0 bridgehead atoms. The van der Waals surface area contributed by atoms with Crippen molar-refractivity contribution in [2.24, 2.45) is 0 Å². The molecular weight excluding hydrogens is 544 g/mol. The van der Waals surface area contributed by atoms with Gasteiger partial charge in [0.1, 0.15) is 0 Å². The van der Waals surface area contributed by atoms with Crippen LogP contribution in [0.15, 0.2) is 48.5 Å². The largest absolute Gasteiger partial charge is 0.473 e. The Kier molecular flexibility index (Phi) is 12.1. The molecule has 41 heavy (non-hydrogen) atoms. The SMILES string of the molecule is CCC(=O)N(c1ccc2nc(OC(C)C)sc2c1)C(C)CN1CCN(CCc2ccccc2)CC1.O=C(O)C(=O)O. The lowest BCUT2D eigenvalue weighted by molar-refractivity contribution is -0.159. The first-order valence-electron chi connectivity index (χ1n) is 13.9. The van der Waals surface area contributed by atoms with Gasteiger partial charge in [-0.25, -0.2) is 14.6 Å². The van der Waals surface area contributed by atoms with E-state index in [1.54, 1.807) is 0 Å². The van der Waals surface area contributed by atoms with E-state index < -0.39 is 11.9 Å². The summed E-state index contributed by atoms with van der Waals surface area (Å²) in [5.41, 5.74) is 3.26. The molecule has 4 rings (SSSR count). The fraction of sp³-hybridized carbons (Fsp3) is 0.467. The lowest BCUT2D eigenvalue weighted by Crippen LogP contribution is -2.52. The van der Waals surface area contributed by atoms with Gasteiger partial charge in [0.2, 0.25) is 5.91 Å². The van der Waals surface area contributed by atoms with Gasteiger partial charge in [0, 0.05) is 57.4 Å². The summed E-state index contributed by atoms with van der Waals surface area (Å²) >= 11 is 1.54. The Morgan fingerprint density at radius 1 is 0.976 bits per heavy atom. The molecule has 1 atom stereocenters. The summed E-state index contributed by atoms with van der Waals surface area (Å²) in [6, 6.07) is 16.9. The van der Waals surface area contributed by atoms with Crippen molar-refractivity contribution in [3.63, 3.8) is 0 Å². The average Bonchev–Trinajstić information content (AvgIpc) is 3.34. The van der Waals surface area contributed by atoms with E-state index >= 15 is 0 Å². The number of fused-ring (bicyclic) bond motifs is 1. The summed E-state index contributed by atoms with van der Waals surface area (Å²) < 4.78 is 6.83. The first-order chi connectivity index (χ1) is 19.6. The molecule has 0 saturated carbocycles. The number of carbonyl (C=O) groups is 3. The summed E-state index contributed by atoms with van der Waals surface area (Å²) in [5.74, 6) is -3.49. The maximum atomic E-state index is 13.0. The Balaban J connectivity index is 0.000000696. The average molecular weight is 585 g/mol. The Hall–Kier alpha value is -3.54. The number of hydrogen-bond donors (Lipinski definition) is 2. The molecule has 10 nitrogen and oxygen atoms in total. The van der Waals surface area contributed by atoms with Crippen LogP contribution in [0.3, 0.4) is 0 Å². The van der Waals surface area contributed by atoms with E-state index in [2.05, 4.69) is 58.1 Å². The van der Waals surface area contributed by atoms with Crippen LogP contribution in [0, 0.1) is 0 Å². The Morgan fingerprint density at radius 3 is 2.20 bits per heavy atom. The third-order valence-corrected chi connectivity index (χ3v) is 7.62. The molecular formula is C30H40N4O6S. The molecule has 2 heterocycles. The first kappa shape index (κ1) is 32.0. The minimum Gasteiger partial charge on any atom is -0.473 e. The van der Waals surface area contributed by atoms with Crippen molar-refractivity contribution in [1.29, 1.82) is 0 Å². The lowest BCUT2D eigenvalue weighted by Gasteiger charge is -2.38. The van der Waals surface area contributed by atoms with Crippen LogP contribution in [0.1, 0.15) is 39.7 Å². The molecule has 0 aliphatic carbocycles. The number of piperazine rings is 1. The molecule has 2 N–H and O–H groups in total. The molecule has 2 aromatic carbocycles. The van der Waals surface area contributed by atoms with E-state index in [0.29, 0.717) is 11.6 Å². The first-order valence-corrected chi connectivity index (χ1v) is 14.7. The van der Waals surface area contributed by atoms with E-state index in [-0.39, 0.29) is 18.1 Å². The van der Waals surface area contributed by atoms with Crippen molar-refractivity contribution >= 4 is 45.1 Å². The minimum atomic E-state index is -1.82. The van der Waals surface area contributed by atoms with Crippen LogP contribution < -0.4 is 9.64 Å². The number of ether oxygens (including phenoxy) is 1. The second-order valence-corrected chi connectivity index (χ2v) is 11.2. The predicted octanol–water partition coefficient (Wildman–Crippen LogP) is 4.23. The van der Waals surface area contributed by atoms with Gasteiger partial charge in [-0.3, -0.25) is 9.69 Å². The Labute approximate surface area is 245 Å². The number of rotatable bonds is 10. The van der Waals surface area contributed by atoms with Gasteiger partial charge in [-0.1, -0.05) is 48.6 Å². The molecule has 0 radical (unpaired) electrons. The van der Waals surface area contributed by atoms with Gasteiger partial charge in [-0.15, -0.1) is 0 Å². The van der Waals surface area contributed by atoms with E-state index in [4.69, 9.17) is 24.5 Å². The quantitative estimate of drug-likeness (QED) is 0.337. The summed E-state index contributed by atoms with van der Waals surface area (Å²) in [7, 11) is 0. The number of carbonyl (C=O) groups excluding carboxylic acids is 1. The fourth-order valence-corrected chi connectivity index (χ4v) is 5.66. The molecule has 1 unspecified atom stereocenters. The van der Waals surface area contributed by atoms with Crippen molar-refractivity contribution < 1.29 is 29.3 Å². The number of carboxylic acids is 2. The molecule has 1 fully saturated rings. The van der Waals surface area contributed by atoms with Crippen LogP contribution in [-0.2, 0) is 20.8 Å². The number of aliphatic carboxylic acids is 2. The number of amides is 1. The monoisotopic (exact) mass is 584 g/mol. The van der Waals surface area contributed by atoms with Crippen LogP contribution in [-0.4, -0.2) is 94.3 Å². The highest BCUT2D eigenvalue weighted by Crippen LogP contribution is 2.32. The van der Waals surface area contributed by atoms with Gasteiger partial charge in [0.25, 0.3) is 5.19 Å². The maximum absolute atomic E-state index is 13.0. The third kappa shape index (κ3) is 9.80. The Morgan fingerprint density at radius 2 is 1.61 bits per heavy atom. The van der Waals surface area contributed by atoms with Crippen LogP contribution >= 0.6 is 11.3 Å². The van der Waals surface area contributed by atoms with Gasteiger partial charge in [-0.05, 0) is 51.0 Å². The number of nitrogens with zero attached hydrogens (tertiary/aromatic N) is 4. The second kappa shape index (κ2) is 15.5. The van der Waals surface area contributed by atoms with Crippen molar-refractivity contribution in [2.75, 3.05) is 44.2 Å². The normalized spacial score (nSPS) is 14.8. The van der Waals surface area contributed by atoms with Crippen LogP contribution in [0.2, 0.25) is 0 Å². The molecule has 0 spiro atoms. The van der Waals surface area contributed by atoms with E-state index in [1.807, 2.05) is 37.8 Å². The molecule has 11 heteroatoms. The number of thiazole rings is 1. The van der Waals surface area contributed by atoms with Gasteiger partial charge >= 0.3 is 11.9 Å². The number of aromatic nitrogens is 1. The summed E-state index contributed by atoms with van der Waals surface area (Å²) in [4.78, 5) is 42.8. The molecule has 1 saturated heterocycles. The van der Waals surface area contributed by atoms with Gasteiger partial charge in [-0.2, -0.15) is 0 Å². The maximum Gasteiger partial charge on any atom is 0.414 e. The zero-order valence-electron chi connectivity index (χ0n) is 24.2. The van der Waals surface area contributed by atoms with E-state index in [0.717, 1.165) is 61.6 Å². The highest BCUT2D eigenvalue weighted by molar-refractivity contribution is 7.20. The molecule has 1 aliphatic rings. The van der Waals surface area contributed by atoms with Crippen LogP contribution in [0.5, 0.6) is 5.19 Å². The predicted molar refractivity (Wildman–Crippen MR) is 161 cm³/mol. The van der Waals surface area contributed by atoms with Crippen molar-refractivity contribution in [1.82, 2.24) is 14.8 Å². The lowest BCUT2D eigenvalue weighted by atomic mass is 10.1. The van der Waals surface area contributed by atoms with Crippen LogP contribution in [0.25, 0.3) is 10.2 Å². The van der Waals surface area contributed by atoms with Crippen molar-refractivity contribution in [3.8, 4) is 5.19 Å². The van der Waals surface area contributed by atoms with Crippen molar-refractivity contribution in [2.45, 2.75) is 52.7 Å². The summed E-state index contributed by atoms with van der Waals surface area (Å²) in [6.07, 6.45) is 1.67. The van der Waals surface area contributed by atoms with E-state index in [1.165, 1.54) is 16.9 Å². The molecule has 3 aromatic rings. The fourth-order valence-electron chi connectivity index (χ4n) is 4.69.